The van der Waals surface area contributed by atoms with Crippen LogP contribution in [0.25, 0.3) is 0 Å². The highest BCUT2D eigenvalue weighted by Crippen LogP contribution is 2.32. The topological polar surface area (TPSA) is 59.1 Å². The van der Waals surface area contributed by atoms with Gasteiger partial charge in [-0.15, -0.1) is 0 Å². The van der Waals surface area contributed by atoms with E-state index < -0.39 is 0 Å². The number of piperazine rings is 1. The summed E-state index contributed by atoms with van der Waals surface area (Å²) in [5.41, 5.74) is 2.20. The quantitative estimate of drug-likeness (QED) is 0.771. The molecule has 6 heteroatoms. The number of nitrogens with zero attached hydrogens (tertiary/aromatic N) is 2. The van der Waals surface area contributed by atoms with Gasteiger partial charge in [-0.05, 0) is 29.9 Å². The smallest absolute Gasteiger partial charge is 0.409 e. The van der Waals surface area contributed by atoms with Gasteiger partial charge in [-0.2, -0.15) is 0 Å². The average molecular weight is 391 g/mol. The molecule has 0 aliphatic carbocycles. The van der Waals surface area contributed by atoms with Crippen molar-refractivity contribution in [3.05, 3.63) is 29.3 Å². The molecule has 0 bridgehead atoms. The second-order valence-corrected chi connectivity index (χ2v) is 8.88. The Balaban J connectivity index is 1.86. The molecule has 0 saturated carbocycles. The second kappa shape index (κ2) is 9.30. The van der Waals surface area contributed by atoms with Gasteiger partial charge < -0.3 is 19.3 Å². The molecule has 1 aromatic rings. The summed E-state index contributed by atoms with van der Waals surface area (Å²) in [4.78, 5) is 28.0. The van der Waals surface area contributed by atoms with Gasteiger partial charge in [0.15, 0.2) is 6.61 Å². The van der Waals surface area contributed by atoms with Gasteiger partial charge in [0.1, 0.15) is 5.75 Å². The SMILES string of the molecule is Cc1ccc(OCC(=O)N2CCN(C(=O)OCC(C)C)CC2)c(C(C)(C)C)c1. The first-order chi connectivity index (χ1) is 13.1. The van der Waals surface area contributed by atoms with Crippen molar-refractivity contribution < 1.29 is 19.1 Å². The van der Waals surface area contributed by atoms with E-state index >= 15 is 0 Å². The zero-order valence-electron chi connectivity index (χ0n) is 18.1. The molecule has 0 unspecified atom stereocenters. The third-order valence-electron chi connectivity index (χ3n) is 4.72. The van der Waals surface area contributed by atoms with Crippen LogP contribution in [0.2, 0.25) is 0 Å². The van der Waals surface area contributed by atoms with Crippen LogP contribution in [0.4, 0.5) is 4.79 Å². The van der Waals surface area contributed by atoms with Crippen molar-refractivity contribution in [3.8, 4) is 5.75 Å². The highest BCUT2D eigenvalue weighted by Gasteiger charge is 2.26. The first-order valence-corrected chi connectivity index (χ1v) is 10.0. The molecule has 2 amide bonds. The number of benzene rings is 1. The summed E-state index contributed by atoms with van der Waals surface area (Å²) >= 11 is 0. The van der Waals surface area contributed by atoms with Gasteiger partial charge in [0.2, 0.25) is 0 Å². The molecule has 156 valence electrons. The Bertz CT molecular complexity index is 686. The zero-order valence-corrected chi connectivity index (χ0v) is 18.1. The van der Waals surface area contributed by atoms with Crippen LogP contribution in [0.3, 0.4) is 0 Å². The molecular weight excluding hydrogens is 356 g/mol. The molecule has 1 saturated heterocycles. The van der Waals surface area contributed by atoms with E-state index in [1.165, 1.54) is 5.56 Å². The molecule has 0 N–H and O–H groups in total. The van der Waals surface area contributed by atoms with Crippen LogP contribution in [0.5, 0.6) is 5.75 Å². The zero-order chi connectivity index (χ0) is 20.9. The first kappa shape index (κ1) is 22.1. The number of carbonyl (C=O) groups excluding carboxylic acids is 2. The van der Waals surface area contributed by atoms with E-state index in [0.29, 0.717) is 38.7 Å². The lowest BCUT2D eigenvalue weighted by Crippen LogP contribution is -2.51. The molecule has 0 radical (unpaired) electrons. The van der Waals surface area contributed by atoms with Crippen LogP contribution >= 0.6 is 0 Å². The van der Waals surface area contributed by atoms with Crippen LogP contribution < -0.4 is 4.74 Å². The minimum atomic E-state index is -0.300. The number of carbonyl (C=O) groups is 2. The van der Waals surface area contributed by atoms with Gasteiger partial charge >= 0.3 is 6.09 Å². The summed E-state index contributed by atoms with van der Waals surface area (Å²) in [6.45, 7) is 14.8. The fourth-order valence-corrected chi connectivity index (χ4v) is 3.05. The molecule has 1 aliphatic heterocycles. The summed E-state index contributed by atoms with van der Waals surface area (Å²) in [5.74, 6) is 1.00. The van der Waals surface area contributed by atoms with E-state index in [2.05, 4.69) is 33.8 Å². The molecule has 0 spiro atoms. The summed E-state index contributed by atoms with van der Waals surface area (Å²) in [6, 6.07) is 6.05. The number of hydrogen-bond donors (Lipinski definition) is 0. The van der Waals surface area contributed by atoms with E-state index in [1.807, 2.05) is 26.0 Å². The van der Waals surface area contributed by atoms with Crippen molar-refractivity contribution >= 4 is 12.0 Å². The van der Waals surface area contributed by atoms with Crippen LogP contribution in [0.1, 0.15) is 45.7 Å². The Hall–Kier alpha value is -2.24. The summed E-state index contributed by atoms with van der Waals surface area (Å²) in [6.07, 6.45) is -0.300. The maximum absolute atomic E-state index is 12.6. The van der Waals surface area contributed by atoms with Gasteiger partial charge in [-0.3, -0.25) is 4.79 Å². The Labute approximate surface area is 168 Å². The highest BCUT2D eigenvalue weighted by atomic mass is 16.6. The number of rotatable bonds is 5. The van der Waals surface area contributed by atoms with E-state index in [1.54, 1.807) is 9.80 Å². The molecule has 1 fully saturated rings. The predicted octanol–water partition coefficient (Wildman–Crippen LogP) is 3.61. The fraction of sp³-hybridized carbons (Fsp3) is 0.636. The monoisotopic (exact) mass is 390 g/mol. The molecular formula is C22H34N2O4. The van der Waals surface area contributed by atoms with Gasteiger partial charge in [0.25, 0.3) is 5.91 Å². The van der Waals surface area contributed by atoms with Crippen molar-refractivity contribution in [2.24, 2.45) is 5.92 Å². The molecule has 6 nitrogen and oxygen atoms in total. The summed E-state index contributed by atoms with van der Waals surface area (Å²) in [5, 5.41) is 0. The molecule has 1 aliphatic rings. The van der Waals surface area contributed by atoms with E-state index in [9.17, 15) is 9.59 Å². The fourth-order valence-electron chi connectivity index (χ4n) is 3.05. The van der Waals surface area contributed by atoms with Crippen LogP contribution in [0, 0.1) is 12.8 Å². The Morgan fingerprint density at radius 2 is 1.68 bits per heavy atom. The van der Waals surface area contributed by atoms with Crippen LogP contribution in [-0.2, 0) is 14.9 Å². The maximum Gasteiger partial charge on any atom is 0.409 e. The van der Waals surface area contributed by atoms with Gasteiger partial charge in [-0.1, -0.05) is 52.3 Å². The van der Waals surface area contributed by atoms with Crippen molar-refractivity contribution in [1.29, 1.82) is 0 Å². The maximum atomic E-state index is 12.6. The normalized spacial score (nSPS) is 15.0. The lowest BCUT2D eigenvalue weighted by molar-refractivity contribution is -0.135. The average Bonchev–Trinajstić information content (AvgIpc) is 2.64. The number of hydrogen-bond acceptors (Lipinski definition) is 4. The summed E-state index contributed by atoms with van der Waals surface area (Å²) < 4.78 is 11.1. The van der Waals surface area contributed by atoms with Gasteiger partial charge in [-0.25, -0.2) is 4.79 Å². The summed E-state index contributed by atoms with van der Waals surface area (Å²) in [7, 11) is 0. The number of ether oxygens (including phenoxy) is 2. The van der Waals surface area contributed by atoms with Crippen molar-refractivity contribution in [2.75, 3.05) is 39.4 Å². The van der Waals surface area contributed by atoms with E-state index in [-0.39, 0.29) is 24.0 Å². The molecule has 28 heavy (non-hydrogen) atoms. The standard InChI is InChI=1S/C22H34N2O4/c1-16(2)14-28-21(26)24-11-9-23(10-12-24)20(25)15-27-19-8-7-17(3)13-18(19)22(4,5)6/h7-8,13,16H,9-12,14-15H2,1-6H3. The molecule has 2 rings (SSSR count). The van der Waals surface area contributed by atoms with Crippen molar-refractivity contribution in [1.82, 2.24) is 9.80 Å². The van der Waals surface area contributed by atoms with Crippen molar-refractivity contribution in [3.63, 3.8) is 0 Å². The molecule has 0 atom stereocenters. The number of amides is 2. The Morgan fingerprint density at radius 3 is 2.25 bits per heavy atom. The highest BCUT2D eigenvalue weighted by molar-refractivity contribution is 5.78. The van der Waals surface area contributed by atoms with Gasteiger partial charge in [0.05, 0.1) is 6.61 Å². The minimum Gasteiger partial charge on any atom is -0.483 e. The van der Waals surface area contributed by atoms with Crippen LogP contribution in [0.15, 0.2) is 18.2 Å². The molecule has 1 aromatic carbocycles. The van der Waals surface area contributed by atoms with Crippen LogP contribution in [-0.4, -0.2) is 61.2 Å². The molecule has 1 heterocycles. The third-order valence-corrected chi connectivity index (χ3v) is 4.72. The molecule has 0 aromatic heterocycles. The lowest BCUT2D eigenvalue weighted by atomic mass is 9.85. The predicted molar refractivity (Wildman–Crippen MR) is 110 cm³/mol. The number of aryl methyl sites for hydroxylation is 1. The van der Waals surface area contributed by atoms with E-state index in [4.69, 9.17) is 9.47 Å². The Morgan fingerprint density at radius 1 is 1.07 bits per heavy atom. The van der Waals surface area contributed by atoms with E-state index in [0.717, 1.165) is 11.3 Å². The van der Waals surface area contributed by atoms with Gasteiger partial charge in [0, 0.05) is 26.2 Å². The Kier molecular flexibility index (Phi) is 7.33. The van der Waals surface area contributed by atoms with Crippen molar-refractivity contribution in [2.45, 2.75) is 47.0 Å². The third kappa shape index (κ3) is 6.14. The first-order valence-electron chi connectivity index (χ1n) is 10.0. The minimum absolute atomic E-state index is 0.00391. The second-order valence-electron chi connectivity index (χ2n) is 8.88. The lowest BCUT2D eigenvalue weighted by Gasteiger charge is -2.34. The largest absolute Gasteiger partial charge is 0.483 e.